The Labute approximate surface area is 90.3 Å². The Hall–Kier alpha value is -1.55. The number of allylic oxidation sites excluding steroid dienone is 4. The molecule has 15 heavy (non-hydrogen) atoms. The Morgan fingerprint density at radius 2 is 2.27 bits per heavy atom. The molecule has 0 rings (SSSR count). The first-order valence-electron chi connectivity index (χ1n) is 4.72. The van der Waals surface area contributed by atoms with Crippen molar-refractivity contribution in [2.24, 2.45) is 11.5 Å². The zero-order chi connectivity index (χ0) is 11.7. The second-order valence-corrected chi connectivity index (χ2v) is 3.07. The van der Waals surface area contributed by atoms with Gasteiger partial charge in [-0.15, -0.1) is 0 Å². The predicted octanol–water partition coefficient (Wildman–Crippen LogP) is 1.49. The molecular weight excluding hydrogens is 192 g/mol. The van der Waals surface area contributed by atoms with Crippen LogP contribution in [0.4, 0.5) is 4.79 Å². The molecule has 0 aromatic heterocycles. The molecule has 0 aliphatic rings. The van der Waals surface area contributed by atoms with Gasteiger partial charge in [0.1, 0.15) is 6.61 Å². The minimum Gasteiger partial charge on any atom is -0.448 e. The van der Waals surface area contributed by atoms with Gasteiger partial charge in [0.2, 0.25) is 0 Å². The molecule has 0 saturated heterocycles. The molecule has 84 valence electrons. The van der Waals surface area contributed by atoms with Gasteiger partial charge in [0.05, 0.1) is 0 Å². The van der Waals surface area contributed by atoms with Gasteiger partial charge in [-0.3, -0.25) is 0 Å². The molecule has 4 heteroatoms. The molecule has 0 fully saturated rings. The molecular formula is C11H18N2O2. The molecule has 0 bridgehead atoms. The maximum atomic E-state index is 10.3. The molecule has 1 unspecified atom stereocenters. The molecule has 0 aromatic carbocycles. The number of ether oxygens (including phenoxy) is 1. The van der Waals surface area contributed by atoms with Gasteiger partial charge in [-0.2, -0.15) is 0 Å². The van der Waals surface area contributed by atoms with Gasteiger partial charge in [0, 0.05) is 6.04 Å². The number of carbonyl (C=O) groups excluding carboxylic acids is 1. The first-order valence-corrected chi connectivity index (χ1v) is 4.72. The fraction of sp³-hybridized carbons (Fsp3) is 0.364. The van der Waals surface area contributed by atoms with E-state index in [1.165, 1.54) is 0 Å². The highest BCUT2D eigenvalue weighted by molar-refractivity contribution is 5.64. The number of hydrogen-bond acceptors (Lipinski definition) is 3. The largest absolute Gasteiger partial charge is 0.448 e. The van der Waals surface area contributed by atoms with Crippen LogP contribution >= 0.6 is 0 Å². The summed E-state index contributed by atoms with van der Waals surface area (Å²) in [7, 11) is 0. The van der Waals surface area contributed by atoms with E-state index in [2.05, 4.69) is 11.3 Å². The van der Waals surface area contributed by atoms with Gasteiger partial charge in [0.25, 0.3) is 0 Å². The van der Waals surface area contributed by atoms with Gasteiger partial charge in [-0.1, -0.05) is 30.9 Å². The molecule has 0 aliphatic carbocycles. The normalized spacial score (nSPS) is 13.9. The summed E-state index contributed by atoms with van der Waals surface area (Å²) >= 11 is 0. The predicted molar refractivity (Wildman–Crippen MR) is 61.2 cm³/mol. The van der Waals surface area contributed by atoms with E-state index >= 15 is 0 Å². The van der Waals surface area contributed by atoms with Crippen molar-refractivity contribution in [2.75, 3.05) is 6.61 Å². The molecule has 0 aliphatic heterocycles. The Kier molecular flexibility index (Phi) is 7.01. The Balaban J connectivity index is 4.11. The average Bonchev–Trinajstić information content (AvgIpc) is 2.15. The lowest BCUT2D eigenvalue weighted by molar-refractivity contribution is 0.149. The van der Waals surface area contributed by atoms with E-state index in [-0.39, 0.29) is 12.6 Å². The third-order valence-electron chi connectivity index (χ3n) is 1.65. The maximum absolute atomic E-state index is 10.3. The van der Waals surface area contributed by atoms with Crippen molar-refractivity contribution in [1.29, 1.82) is 0 Å². The maximum Gasteiger partial charge on any atom is 0.404 e. The second-order valence-electron chi connectivity index (χ2n) is 3.07. The molecule has 4 nitrogen and oxygen atoms in total. The number of nitrogens with two attached hydrogens (primary N) is 2. The fourth-order valence-electron chi connectivity index (χ4n) is 1.11. The molecule has 1 atom stereocenters. The highest BCUT2D eigenvalue weighted by Gasteiger charge is 2.06. The smallest absolute Gasteiger partial charge is 0.404 e. The van der Waals surface area contributed by atoms with E-state index in [0.29, 0.717) is 6.42 Å². The van der Waals surface area contributed by atoms with Crippen molar-refractivity contribution in [2.45, 2.75) is 19.4 Å². The van der Waals surface area contributed by atoms with Gasteiger partial charge in [0.15, 0.2) is 0 Å². The number of primary amides is 1. The highest BCUT2D eigenvalue weighted by Crippen LogP contribution is 2.06. The third-order valence-corrected chi connectivity index (χ3v) is 1.65. The summed E-state index contributed by atoms with van der Waals surface area (Å²) in [5.74, 6) is 0. The summed E-state index contributed by atoms with van der Waals surface area (Å²) in [5, 5.41) is 0. The molecule has 0 heterocycles. The van der Waals surface area contributed by atoms with Crippen LogP contribution < -0.4 is 11.5 Å². The van der Waals surface area contributed by atoms with E-state index in [1.807, 2.05) is 25.2 Å². The fourth-order valence-corrected chi connectivity index (χ4v) is 1.11. The van der Waals surface area contributed by atoms with Crippen LogP contribution in [0.25, 0.3) is 0 Å². The van der Waals surface area contributed by atoms with E-state index in [4.69, 9.17) is 11.5 Å². The number of hydrogen-bond donors (Lipinski definition) is 2. The van der Waals surface area contributed by atoms with Crippen molar-refractivity contribution < 1.29 is 9.53 Å². The minimum absolute atomic E-state index is 0.126. The summed E-state index contributed by atoms with van der Waals surface area (Å²) in [6.07, 6.45) is 7.22. The molecule has 0 spiro atoms. The topological polar surface area (TPSA) is 78.3 Å². The molecule has 0 saturated carbocycles. The summed E-state index contributed by atoms with van der Waals surface area (Å²) < 4.78 is 4.60. The quantitative estimate of drug-likeness (QED) is 0.652. The van der Waals surface area contributed by atoms with Crippen LogP contribution in [0.5, 0.6) is 0 Å². The summed E-state index contributed by atoms with van der Waals surface area (Å²) in [4.78, 5) is 10.3. The number of rotatable bonds is 6. The Morgan fingerprint density at radius 1 is 1.60 bits per heavy atom. The van der Waals surface area contributed by atoms with Gasteiger partial charge in [-0.25, -0.2) is 4.79 Å². The Morgan fingerprint density at radius 3 is 2.73 bits per heavy atom. The van der Waals surface area contributed by atoms with Crippen LogP contribution in [0.1, 0.15) is 13.3 Å². The van der Waals surface area contributed by atoms with Crippen molar-refractivity contribution in [3.8, 4) is 0 Å². The lowest BCUT2D eigenvalue weighted by atomic mass is 10.1. The average molecular weight is 210 g/mol. The van der Waals surface area contributed by atoms with E-state index in [0.717, 1.165) is 5.57 Å². The van der Waals surface area contributed by atoms with E-state index < -0.39 is 6.09 Å². The lowest BCUT2D eigenvalue weighted by Gasteiger charge is -2.11. The summed E-state index contributed by atoms with van der Waals surface area (Å²) in [6, 6.07) is -0.250. The zero-order valence-electron chi connectivity index (χ0n) is 8.98. The summed E-state index contributed by atoms with van der Waals surface area (Å²) in [6.45, 7) is 5.65. The molecule has 4 N–H and O–H groups in total. The first kappa shape index (κ1) is 13.4. The minimum atomic E-state index is -0.800. The van der Waals surface area contributed by atoms with Crippen LogP contribution in [0.2, 0.25) is 0 Å². The van der Waals surface area contributed by atoms with Gasteiger partial charge >= 0.3 is 6.09 Å². The van der Waals surface area contributed by atoms with Crippen molar-refractivity contribution >= 4 is 6.09 Å². The Bertz CT molecular complexity index is 270. The lowest BCUT2D eigenvalue weighted by Crippen LogP contribution is -2.29. The van der Waals surface area contributed by atoms with Crippen LogP contribution in [0.3, 0.4) is 0 Å². The van der Waals surface area contributed by atoms with Crippen LogP contribution in [0, 0.1) is 0 Å². The molecule has 0 radical (unpaired) electrons. The number of carbonyl (C=O) groups is 1. The van der Waals surface area contributed by atoms with Crippen LogP contribution in [-0.4, -0.2) is 18.7 Å². The summed E-state index contributed by atoms with van der Waals surface area (Å²) in [5.41, 5.74) is 11.6. The SMILES string of the molecule is C=CC=C(C=CC)CC(N)COC(N)=O. The standard InChI is InChI=1S/C11H18N2O2/c1-3-5-9(6-4-2)7-10(12)8-15-11(13)14/h3-6,10H,1,7-8,12H2,2H3,(H2,13,14). The highest BCUT2D eigenvalue weighted by atomic mass is 16.5. The monoisotopic (exact) mass is 210 g/mol. The zero-order valence-corrected chi connectivity index (χ0v) is 8.98. The van der Waals surface area contributed by atoms with Gasteiger partial charge < -0.3 is 16.2 Å². The third kappa shape index (κ3) is 7.52. The van der Waals surface area contributed by atoms with Crippen molar-refractivity contribution in [3.63, 3.8) is 0 Å². The van der Waals surface area contributed by atoms with Crippen molar-refractivity contribution in [3.05, 3.63) is 36.5 Å². The van der Waals surface area contributed by atoms with E-state index in [9.17, 15) is 4.79 Å². The van der Waals surface area contributed by atoms with E-state index in [1.54, 1.807) is 6.08 Å². The second kappa shape index (κ2) is 7.82. The first-order chi connectivity index (χ1) is 7.10. The van der Waals surface area contributed by atoms with Crippen molar-refractivity contribution in [1.82, 2.24) is 0 Å². The van der Waals surface area contributed by atoms with Crippen LogP contribution in [-0.2, 0) is 4.74 Å². The van der Waals surface area contributed by atoms with Crippen LogP contribution in [0.15, 0.2) is 36.5 Å². The van der Waals surface area contributed by atoms with Gasteiger partial charge in [-0.05, 0) is 18.9 Å². The molecule has 0 aromatic rings. The molecule has 1 amide bonds. The number of amides is 1.